The van der Waals surface area contributed by atoms with Crippen LogP contribution in [-0.4, -0.2) is 47.7 Å². The Hall–Kier alpha value is -0.723. The van der Waals surface area contributed by atoms with Crippen LogP contribution in [0.5, 0.6) is 0 Å². The Bertz CT molecular complexity index is 326. The molecule has 0 aliphatic rings. The molecule has 5 heteroatoms. The molecule has 0 amide bonds. The van der Waals surface area contributed by atoms with Crippen LogP contribution in [0.2, 0.25) is 0 Å². The summed E-state index contributed by atoms with van der Waals surface area (Å²) in [6, 6.07) is 9.88. The van der Waals surface area contributed by atoms with Crippen molar-refractivity contribution in [1.29, 1.82) is 0 Å². The Balaban J connectivity index is 2.81. The lowest BCUT2D eigenvalue weighted by Crippen LogP contribution is -2.56. The lowest BCUT2D eigenvalue weighted by molar-refractivity contribution is 0.0516. The Morgan fingerprint density at radius 2 is 1.56 bits per heavy atom. The van der Waals surface area contributed by atoms with E-state index in [1.54, 1.807) is 14.2 Å². The highest BCUT2D eigenvalue weighted by Gasteiger charge is 2.42. The van der Waals surface area contributed by atoms with Crippen molar-refractivity contribution in [3.8, 4) is 0 Å². The van der Waals surface area contributed by atoms with E-state index in [0.717, 1.165) is 18.3 Å². The van der Waals surface area contributed by atoms with Gasteiger partial charge in [0.05, 0.1) is 6.73 Å². The van der Waals surface area contributed by atoms with Crippen LogP contribution < -0.4 is 5.19 Å². The van der Waals surface area contributed by atoms with Gasteiger partial charge in [-0.05, 0) is 13.1 Å². The third kappa shape index (κ3) is 3.63. The highest BCUT2D eigenvalue weighted by Crippen LogP contribution is 2.09. The maximum absolute atomic E-state index is 5.98. The summed E-state index contributed by atoms with van der Waals surface area (Å²) in [5, 5.41) is 0.988. The molecule has 0 N–H and O–H groups in total. The van der Waals surface area contributed by atoms with E-state index in [0.29, 0.717) is 6.73 Å². The molecule has 0 heterocycles. The summed E-state index contributed by atoms with van der Waals surface area (Å²) in [4.78, 5) is 2.18. The highest BCUT2D eigenvalue weighted by molar-refractivity contribution is 6.75. The van der Waals surface area contributed by atoms with Gasteiger partial charge in [-0.2, -0.15) is 0 Å². The quantitative estimate of drug-likeness (QED) is 0.528. The topological polar surface area (TPSA) is 30.9 Å². The van der Waals surface area contributed by atoms with Gasteiger partial charge in [0.2, 0.25) is 0 Å². The molecule has 1 rings (SSSR count). The van der Waals surface area contributed by atoms with Crippen LogP contribution in [0.3, 0.4) is 0 Å². The monoisotopic (exact) mass is 269 g/mol. The second kappa shape index (κ2) is 7.65. The summed E-state index contributed by atoms with van der Waals surface area (Å²) in [7, 11) is 0.531. The van der Waals surface area contributed by atoms with Crippen molar-refractivity contribution in [1.82, 2.24) is 4.90 Å². The van der Waals surface area contributed by atoms with Crippen LogP contribution in [0.25, 0.3) is 0 Å². The van der Waals surface area contributed by atoms with Crippen molar-refractivity contribution in [2.45, 2.75) is 13.8 Å². The van der Waals surface area contributed by atoms with Gasteiger partial charge in [-0.15, -0.1) is 0 Å². The van der Waals surface area contributed by atoms with Crippen molar-refractivity contribution >= 4 is 14.0 Å². The minimum Gasteiger partial charge on any atom is -0.373 e. The highest BCUT2D eigenvalue weighted by atomic mass is 28.4. The van der Waals surface area contributed by atoms with Gasteiger partial charge in [0.1, 0.15) is 0 Å². The normalized spacial score (nSPS) is 12.1. The molecule has 0 fully saturated rings. The molecule has 0 aliphatic carbocycles. The van der Waals surface area contributed by atoms with Crippen molar-refractivity contribution in [3.05, 3.63) is 30.3 Å². The minimum absolute atomic E-state index is 0.524. The average molecular weight is 269 g/mol. The third-order valence-electron chi connectivity index (χ3n) is 3.00. The molecular formula is C13H23NO3Si. The van der Waals surface area contributed by atoms with E-state index in [1.165, 1.54) is 0 Å². The van der Waals surface area contributed by atoms with Crippen molar-refractivity contribution < 1.29 is 13.3 Å². The standard InChI is InChI=1S/C13H23NO3Si/c1-5-14(6-2)12-17-18(15-3,16-4)13-10-8-7-9-11-13/h7-11H,5-6,12H2,1-4H3. The fourth-order valence-corrected chi connectivity index (χ4v) is 3.74. The molecule has 18 heavy (non-hydrogen) atoms. The first kappa shape index (κ1) is 15.3. The van der Waals surface area contributed by atoms with Crippen LogP contribution in [0.1, 0.15) is 13.8 Å². The molecule has 0 atom stereocenters. The van der Waals surface area contributed by atoms with Gasteiger partial charge < -0.3 is 13.3 Å². The number of benzene rings is 1. The maximum atomic E-state index is 5.98. The predicted octanol–water partition coefficient (Wildman–Crippen LogP) is 1.44. The average Bonchev–Trinajstić information content (AvgIpc) is 2.45. The summed E-state index contributed by atoms with van der Waals surface area (Å²) in [6.45, 7) is 6.64. The molecule has 0 aliphatic heterocycles. The Morgan fingerprint density at radius 1 is 1.00 bits per heavy atom. The van der Waals surface area contributed by atoms with Gasteiger partial charge in [-0.25, -0.2) is 0 Å². The summed E-state index contributed by atoms with van der Waals surface area (Å²) in [6.07, 6.45) is 0. The summed E-state index contributed by atoms with van der Waals surface area (Å²) >= 11 is 0. The lowest BCUT2D eigenvalue weighted by Gasteiger charge is -2.29. The molecule has 0 aromatic heterocycles. The van der Waals surface area contributed by atoms with Crippen molar-refractivity contribution in [2.24, 2.45) is 0 Å². The first-order valence-electron chi connectivity index (χ1n) is 6.24. The van der Waals surface area contributed by atoms with E-state index in [2.05, 4.69) is 18.7 Å². The molecule has 4 nitrogen and oxygen atoms in total. The van der Waals surface area contributed by atoms with E-state index in [-0.39, 0.29) is 0 Å². The van der Waals surface area contributed by atoms with Gasteiger partial charge in [0, 0.05) is 19.4 Å². The number of rotatable bonds is 8. The molecule has 1 aromatic rings. The second-order valence-electron chi connectivity index (χ2n) is 3.91. The van der Waals surface area contributed by atoms with Gasteiger partial charge >= 0.3 is 8.80 Å². The summed E-state index contributed by atoms with van der Waals surface area (Å²) in [5.74, 6) is 0. The molecule has 0 saturated heterocycles. The predicted molar refractivity (Wildman–Crippen MR) is 74.7 cm³/mol. The smallest absolute Gasteiger partial charge is 0.373 e. The number of nitrogens with zero attached hydrogens (tertiary/aromatic N) is 1. The molecule has 0 spiro atoms. The van der Waals surface area contributed by atoms with Gasteiger partial charge in [-0.3, -0.25) is 4.90 Å². The molecule has 1 aromatic carbocycles. The third-order valence-corrected chi connectivity index (χ3v) is 5.62. The SMILES string of the molecule is CCN(CC)CO[Si](OC)(OC)c1ccccc1. The van der Waals surface area contributed by atoms with Crippen LogP contribution in [0.15, 0.2) is 30.3 Å². The first-order chi connectivity index (χ1) is 8.72. The van der Waals surface area contributed by atoms with E-state index >= 15 is 0 Å². The van der Waals surface area contributed by atoms with Gasteiger partial charge in [0.25, 0.3) is 0 Å². The summed E-state index contributed by atoms with van der Waals surface area (Å²) < 4.78 is 17.1. The molecule has 0 radical (unpaired) electrons. The van der Waals surface area contributed by atoms with Gasteiger partial charge in [0.15, 0.2) is 0 Å². The van der Waals surface area contributed by atoms with Crippen LogP contribution >= 0.6 is 0 Å². The van der Waals surface area contributed by atoms with E-state index in [9.17, 15) is 0 Å². The molecule has 0 bridgehead atoms. The zero-order valence-corrected chi connectivity index (χ0v) is 12.7. The van der Waals surface area contributed by atoms with Crippen molar-refractivity contribution in [3.63, 3.8) is 0 Å². The van der Waals surface area contributed by atoms with Crippen LogP contribution in [0, 0.1) is 0 Å². The zero-order valence-electron chi connectivity index (χ0n) is 11.7. The van der Waals surface area contributed by atoms with E-state index < -0.39 is 8.80 Å². The number of hydrogen-bond acceptors (Lipinski definition) is 4. The Morgan fingerprint density at radius 3 is 2.00 bits per heavy atom. The van der Waals surface area contributed by atoms with Crippen LogP contribution in [0.4, 0.5) is 0 Å². The number of hydrogen-bond donors (Lipinski definition) is 0. The molecular weight excluding hydrogens is 246 g/mol. The largest absolute Gasteiger partial charge is 0.537 e. The first-order valence-corrected chi connectivity index (χ1v) is 7.97. The summed E-state index contributed by atoms with van der Waals surface area (Å²) in [5.41, 5.74) is 0. The maximum Gasteiger partial charge on any atom is 0.537 e. The van der Waals surface area contributed by atoms with Gasteiger partial charge in [-0.1, -0.05) is 44.2 Å². The molecule has 102 valence electrons. The Kier molecular flexibility index (Phi) is 6.52. The fourth-order valence-electron chi connectivity index (χ4n) is 1.74. The second-order valence-corrected chi connectivity index (χ2v) is 6.70. The van der Waals surface area contributed by atoms with E-state index in [1.807, 2.05) is 30.3 Å². The Labute approximate surface area is 111 Å². The lowest BCUT2D eigenvalue weighted by atomic mass is 10.4. The molecule has 0 unspecified atom stereocenters. The van der Waals surface area contributed by atoms with E-state index in [4.69, 9.17) is 13.3 Å². The fraction of sp³-hybridized carbons (Fsp3) is 0.538. The molecule has 0 saturated carbocycles. The van der Waals surface area contributed by atoms with Crippen molar-refractivity contribution in [2.75, 3.05) is 34.0 Å². The minimum atomic E-state index is -2.76. The van der Waals surface area contributed by atoms with Crippen LogP contribution in [-0.2, 0) is 13.3 Å². The zero-order chi connectivity index (χ0) is 13.4.